The standard InChI is InChI=1S/C15H23ClFN3O/c1-4-18-15(20-11(2)10-21-3)19-9-8-12-13(16)6-5-7-14(12)17/h5-7,11H,4,8-10H2,1-3H3,(H2,18,19,20). The van der Waals surface area contributed by atoms with Crippen LogP contribution < -0.4 is 10.6 Å². The molecule has 118 valence electrons. The van der Waals surface area contributed by atoms with E-state index in [1.54, 1.807) is 19.2 Å². The van der Waals surface area contributed by atoms with Crippen molar-refractivity contribution in [1.82, 2.24) is 10.6 Å². The van der Waals surface area contributed by atoms with Gasteiger partial charge in [0, 0.05) is 36.8 Å². The number of aliphatic imine (C=N–C) groups is 1. The fraction of sp³-hybridized carbons (Fsp3) is 0.533. The first-order valence-corrected chi connectivity index (χ1v) is 7.43. The highest BCUT2D eigenvalue weighted by atomic mass is 35.5. The molecule has 0 bridgehead atoms. The van der Waals surface area contributed by atoms with Crippen molar-refractivity contribution in [3.63, 3.8) is 0 Å². The minimum Gasteiger partial charge on any atom is -0.383 e. The molecule has 0 saturated heterocycles. The maximum Gasteiger partial charge on any atom is 0.191 e. The summed E-state index contributed by atoms with van der Waals surface area (Å²) in [4.78, 5) is 4.43. The number of guanidine groups is 1. The second-order valence-corrected chi connectivity index (χ2v) is 5.12. The number of nitrogens with one attached hydrogen (secondary N) is 2. The molecule has 0 aromatic heterocycles. The summed E-state index contributed by atoms with van der Waals surface area (Å²) in [6.07, 6.45) is 0.459. The Balaban J connectivity index is 2.61. The van der Waals surface area contributed by atoms with Gasteiger partial charge in [-0.3, -0.25) is 4.99 Å². The smallest absolute Gasteiger partial charge is 0.191 e. The summed E-state index contributed by atoms with van der Waals surface area (Å²) in [5.41, 5.74) is 0.503. The Morgan fingerprint density at radius 3 is 2.86 bits per heavy atom. The van der Waals surface area contributed by atoms with Gasteiger partial charge in [-0.1, -0.05) is 17.7 Å². The maximum absolute atomic E-state index is 13.7. The quantitative estimate of drug-likeness (QED) is 0.600. The van der Waals surface area contributed by atoms with Crippen LogP contribution in [-0.4, -0.2) is 38.8 Å². The van der Waals surface area contributed by atoms with Crippen LogP contribution in [0.5, 0.6) is 0 Å². The Morgan fingerprint density at radius 1 is 1.48 bits per heavy atom. The molecule has 1 atom stereocenters. The van der Waals surface area contributed by atoms with Gasteiger partial charge in [0.15, 0.2) is 5.96 Å². The van der Waals surface area contributed by atoms with Crippen molar-refractivity contribution >= 4 is 17.6 Å². The Labute approximate surface area is 130 Å². The van der Waals surface area contributed by atoms with E-state index in [2.05, 4.69) is 15.6 Å². The number of ether oxygens (including phenoxy) is 1. The Morgan fingerprint density at radius 2 is 2.24 bits per heavy atom. The van der Waals surface area contributed by atoms with Crippen LogP contribution in [0, 0.1) is 5.82 Å². The van der Waals surface area contributed by atoms with E-state index in [0.29, 0.717) is 36.1 Å². The van der Waals surface area contributed by atoms with Gasteiger partial charge in [0.2, 0.25) is 0 Å². The van der Waals surface area contributed by atoms with Gasteiger partial charge in [-0.15, -0.1) is 0 Å². The number of methoxy groups -OCH3 is 1. The number of rotatable bonds is 7. The molecule has 1 aromatic carbocycles. The zero-order valence-electron chi connectivity index (χ0n) is 12.7. The summed E-state index contributed by atoms with van der Waals surface area (Å²) in [5.74, 6) is 0.401. The first-order chi connectivity index (χ1) is 10.1. The van der Waals surface area contributed by atoms with Gasteiger partial charge in [-0.25, -0.2) is 4.39 Å². The minimum atomic E-state index is -0.289. The molecule has 2 N–H and O–H groups in total. The Kier molecular flexibility index (Phi) is 8.08. The number of hydrogen-bond acceptors (Lipinski definition) is 2. The third kappa shape index (κ3) is 6.31. The van der Waals surface area contributed by atoms with E-state index < -0.39 is 0 Å². The van der Waals surface area contributed by atoms with Crippen LogP contribution in [0.15, 0.2) is 23.2 Å². The molecule has 0 spiro atoms. The molecule has 0 aliphatic heterocycles. The first kappa shape index (κ1) is 17.7. The number of nitrogens with zero attached hydrogens (tertiary/aromatic N) is 1. The van der Waals surface area contributed by atoms with E-state index in [9.17, 15) is 4.39 Å². The summed E-state index contributed by atoms with van der Waals surface area (Å²) >= 11 is 6.00. The molecule has 0 aliphatic rings. The van der Waals surface area contributed by atoms with Crippen LogP contribution in [0.3, 0.4) is 0 Å². The fourth-order valence-electron chi connectivity index (χ4n) is 1.90. The van der Waals surface area contributed by atoms with Gasteiger partial charge in [-0.2, -0.15) is 0 Å². The monoisotopic (exact) mass is 315 g/mol. The molecule has 1 unspecified atom stereocenters. The lowest BCUT2D eigenvalue weighted by atomic mass is 10.1. The van der Waals surface area contributed by atoms with Gasteiger partial charge >= 0.3 is 0 Å². The molecule has 0 amide bonds. The highest BCUT2D eigenvalue weighted by Crippen LogP contribution is 2.19. The summed E-state index contributed by atoms with van der Waals surface area (Å²) in [6.45, 7) is 5.79. The normalized spacial score (nSPS) is 13.1. The highest BCUT2D eigenvalue weighted by Gasteiger charge is 2.07. The molecule has 0 fully saturated rings. The highest BCUT2D eigenvalue weighted by molar-refractivity contribution is 6.31. The van der Waals surface area contributed by atoms with Crippen LogP contribution in [-0.2, 0) is 11.2 Å². The van der Waals surface area contributed by atoms with E-state index in [1.165, 1.54) is 6.07 Å². The molecule has 4 nitrogen and oxygen atoms in total. The lowest BCUT2D eigenvalue weighted by Crippen LogP contribution is -2.44. The molecule has 0 aliphatic carbocycles. The molecule has 6 heteroatoms. The third-order valence-corrected chi connectivity index (χ3v) is 3.19. The predicted molar refractivity (Wildman–Crippen MR) is 85.6 cm³/mol. The second kappa shape index (κ2) is 9.58. The molecular weight excluding hydrogens is 293 g/mol. The van der Waals surface area contributed by atoms with Gasteiger partial charge in [0.05, 0.1) is 6.61 Å². The average Bonchev–Trinajstić information content (AvgIpc) is 2.42. The van der Waals surface area contributed by atoms with Crippen LogP contribution in [0.4, 0.5) is 4.39 Å². The van der Waals surface area contributed by atoms with Crippen LogP contribution >= 0.6 is 11.6 Å². The van der Waals surface area contributed by atoms with Crippen LogP contribution in [0.1, 0.15) is 19.4 Å². The molecule has 1 aromatic rings. The average molecular weight is 316 g/mol. The maximum atomic E-state index is 13.7. The van der Waals surface area contributed by atoms with Crippen molar-refractivity contribution in [2.75, 3.05) is 26.8 Å². The molecule has 0 saturated carbocycles. The van der Waals surface area contributed by atoms with Gasteiger partial charge in [-0.05, 0) is 32.4 Å². The van der Waals surface area contributed by atoms with Crippen molar-refractivity contribution in [1.29, 1.82) is 0 Å². The zero-order chi connectivity index (χ0) is 15.7. The molecule has 21 heavy (non-hydrogen) atoms. The predicted octanol–water partition coefficient (Wildman–Crippen LogP) is 2.61. The van der Waals surface area contributed by atoms with Crippen molar-refractivity contribution in [3.05, 3.63) is 34.6 Å². The van der Waals surface area contributed by atoms with Crippen LogP contribution in [0.25, 0.3) is 0 Å². The van der Waals surface area contributed by atoms with Crippen molar-refractivity contribution in [2.45, 2.75) is 26.3 Å². The SMILES string of the molecule is CCNC(=NCCc1c(F)cccc1Cl)NC(C)COC. The lowest BCUT2D eigenvalue weighted by molar-refractivity contribution is 0.179. The summed E-state index contributed by atoms with van der Waals surface area (Å²) in [5, 5.41) is 6.81. The number of halogens is 2. The number of hydrogen-bond donors (Lipinski definition) is 2. The summed E-state index contributed by atoms with van der Waals surface area (Å²) < 4.78 is 18.7. The van der Waals surface area contributed by atoms with E-state index >= 15 is 0 Å². The largest absolute Gasteiger partial charge is 0.383 e. The molecular formula is C15H23ClFN3O. The third-order valence-electron chi connectivity index (χ3n) is 2.84. The van der Waals surface area contributed by atoms with E-state index in [-0.39, 0.29) is 11.9 Å². The van der Waals surface area contributed by atoms with Gasteiger partial charge < -0.3 is 15.4 Å². The number of benzene rings is 1. The van der Waals surface area contributed by atoms with Crippen molar-refractivity contribution < 1.29 is 9.13 Å². The second-order valence-electron chi connectivity index (χ2n) is 4.71. The van der Waals surface area contributed by atoms with Crippen molar-refractivity contribution in [2.24, 2.45) is 4.99 Å². The van der Waals surface area contributed by atoms with Crippen molar-refractivity contribution in [3.8, 4) is 0 Å². The zero-order valence-corrected chi connectivity index (χ0v) is 13.5. The van der Waals surface area contributed by atoms with Crippen LogP contribution in [0.2, 0.25) is 5.02 Å². The first-order valence-electron chi connectivity index (χ1n) is 7.05. The van der Waals surface area contributed by atoms with Gasteiger partial charge in [0.1, 0.15) is 5.82 Å². The Bertz CT molecular complexity index is 448. The van der Waals surface area contributed by atoms with E-state index in [4.69, 9.17) is 16.3 Å². The summed E-state index contributed by atoms with van der Waals surface area (Å²) in [7, 11) is 1.66. The topological polar surface area (TPSA) is 45.7 Å². The van der Waals surface area contributed by atoms with E-state index in [0.717, 1.165) is 6.54 Å². The van der Waals surface area contributed by atoms with Gasteiger partial charge in [0.25, 0.3) is 0 Å². The summed E-state index contributed by atoms with van der Waals surface area (Å²) in [6, 6.07) is 4.84. The molecule has 1 rings (SSSR count). The lowest BCUT2D eigenvalue weighted by Gasteiger charge is -2.17. The molecule has 0 radical (unpaired) electrons. The van der Waals surface area contributed by atoms with E-state index in [1.807, 2.05) is 13.8 Å². The fourth-order valence-corrected chi connectivity index (χ4v) is 2.15. The Hall–Kier alpha value is -1.33. The molecule has 0 heterocycles. The minimum absolute atomic E-state index is 0.143.